The van der Waals surface area contributed by atoms with Crippen molar-refractivity contribution in [3.63, 3.8) is 0 Å². The van der Waals surface area contributed by atoms with Gasteiger partial charge in [0.25, 0.3) is 0 Å². The predicted octanol–water partition coefficient (Wildman–Crippen LogP) is 1.27. The number of aliphatic hydroxyl groups excluding tert-OH is 1. The molecule has 1 N–H and O–H groups in total. The third kappa shape index (κ3) is 6.39. The Labute approximate surface area is 52.4 Å². The van der Waals surface area contributed by atoms with E-state index in [0.29, 0.717) is 0 Å². The summed E-state index contributed by atoms with van der Waals surface area (Å²) in [7, 11) is -0.722. The zero-order valence-electron chi connectivity index (χ0n) is 6.18. The van der Waals surface area contributed by atoms with Gasteiger partial charge in [-0.05, 0) is 6.92 Å². The van der Waals surface area contributed by atoms with Gasteiger partial charge >= 0.3 is 0 Å². The molecule has 1 unspecified atom stereocenters. The van der Waals surface area contributed by atoms with Crippen LogP contribution in [-0.4, -0.2) is 37.4 Å². The van der Waals surface area contributed by atoms with E-state index in [1.807, 2.05) is 6.92 Å². The third-order valence-corrected chi connectivity index (χ3v) is 2.44. The minimum Gasteiger partial charge on any atom is -0.390 e. The van der Waals surface area contributed by atoms with Gasteiger partial charge in [-0.25, -0.2) is 0 Å². The summed E-state index contributed by atoms with van der Waals surface area (Å²) < 4.78 is 0. The lowest BCUT2D eigenvalue weighted by atomic mass is 10.5. The fourth-order valence-electron chi connectivity index (χ4n) is 0.793. The van der Waals surface area contributed by atoms with Gasteiger partial charge in [0.15, 0.2) is 0 Å². The molecular formula is C6H16OP+. The Morgan fingerprint density at radius 2 is 1.75 bits per heavy atom. The molecule has 0 aliphatic carbocycles. The van der Waals surface area contributed by atoms with E-state index in [1.165, 1.54) is 0 Å². The van der Waals surface area contributed by atoms with Gasteiger partial charge in [-0.2, -0.15) is 0 Å². The second-order valence-corrected chi connectivity index (χ2v) is 8.27. The fourth-order valence-corrected chi connectivity index (χ4v) is 2.38. The number of hydrogen-bond acceptors (Lipinski definition) is 1. The highest BCUT2D eigenvalue weighted by Crippen LogP contribution is 2.46. The SMILES string of the molecule is CC(O)C[P+](C)(C)C. The van der Waals surface area contributed by atoms with Crippen molar-refractivity contribution in [2.45, 2.75) is 13.0 Å². The Balaban J connectivity index is 3.39. The van der Waals surface area contributed by atoms with Gasteiger partial charge < -0.3 is 5.11 Å². The zero-order chi connectivity index (χ0) is 6.78. The summed E-state index contributed by atoms with van der Waals surface area (Å²) in [4.78, 5) is 0. The Morgan fingerprint density at radius 1 is 1.38 bits per heavy atom. The van der Waals surface area contributed by atoms with Crippen LogP contribution in [0.25, 0.3) is 0 Å². The minimum atomic E-state index is -0.722. The highest BCUT2D eigenvalue weighted by molar-refractivity contribution is 7.73. The Kier molecular flexibility index (Phi) is 2.93. The van der Waals surface area contributed by atoms with Crippen LogP contribution in [0.3, 0.4) is 0 Å². The number of hydrogen-bond donors (Lipinski definition) is 1. The monoisotopic (exact) mass is 135 g/mol. The molecule has 8 heavy (non-hydrogen) atoms. The summed E-state index contributed by atoms with van der Waals surface area (Å²) in [6.07, 6.45) is 0.885. The molecule has 1 nitrogen and oxygen atoms in total. The lowest BCUT2D eigenvalue weighted by molar-refractivity contribution is 0.219. The van der Waals surface area contributed by atoms with E-state index in [2.05, 4.69) is 20.0 Å². The maximum Gasteiger partial charge on any atom is 0.0846 e. The van der Waals surface area contributed by atoms with Gasteiger partial charge in [0.1, 0.15) is 0 Å². The van der Waals surface area contributed by atoms with Gasteiger partial charge in [0.05, 0.1) is 12.3 Å². The van der Waals surface area contributed by atoms with Gasteiger partial charge in [-0.1, -0.05) is 0 Å². The molecule has 0 saturated heterocycles. The van der Waals surface area contributed by atoms with Gasteiger partial charge in [0.2, 0.25) is 0 Å². The van der Waals surface area contributed by atoms with Crippen LogP contribution in [0.5, 0.6) is 0 Å². The molecule has 50 valence electrons. The van der Waals surface area contributed by atoms with Crippen molar-refractivity contribution in [3.8, 4) is 0 Å². The van der Waals surface area contributed by atoms with Crippen molar-refractivity contribution in [2.24, 2.45) is 0 Å². The first-order valence-electron chi connectivity index (χ1n) is 2.90. The van der Waals surface area contributed by atoms with Crippen LogP contribution in [0.4, 0.5) is 0 Å². The van der Waals surface area contributed by atoms with Crippen molar-refractivity contribution in [1.29, 1.82) is 0 Å². The van der Waals surface area contributed by atoms with E-state index >= 15 is 0 Å². The molecule has 0 saturated carbocycles. The molecule has 0 aromatic carbocycles. The molecule has 0 amide bonds. The minimum absolute atomic E-state index is 0.108. The maximum atomic E-state index is 8.92. The van der Waals surface area contributed by atoms with Gasteiger partial charge in [-0.3, -0.25) is 0 Å². The van der Waals surface area contributed by atoms with E-state index in [1.54, 1.807) is 0 Å². The lowest BCUT2D eigenvalue weighted by Crippen LogP contribution is -2.08. The molecule has 0 aliphatic heterocycles. The highest BCUT2D eigenvalue weighted by atomic mass is 31.2. The Bertz CT molecular complexity index is 63.4. The summed E-state index contributed by atoms with van der Waals surface area (Å²) in [5.41, 5.74) is 0. The van der Waals surface area contributed by atoms with Crippen LogP contribution in [0.2, 0.25) is 0 Å². The van der Waals surface area contributed by atoms with Crippen LogP contribution in [0.15, 0.2) is 0 Å². The van der Waals surface area contributed by atoms with Gasteiger partial charge in [-0.15, -0.1) is 0 Å². The molecule has 0 rings (SSSR count). The standard InChI is InChI=1S/C6H16OP/c1-6(7)5-8(2,3)4/h6-7H,5H2,1-4H3/q+1. The molecule has 0 spiro atoms. The molecule has 0 heterocycles. The van der Waals surface area contributed by atoms with Crippen molar-refractivity contribution in [3.05, 3.63) is 0 Å². The summed E-state index contributed by atoms with van der Waals surface area (Å²) in [6, 6.07) is 0. The fraction of sp³-hybridized carbons (Fsp3) is 1.00. The van der Waals surface area contributed by atoms with E-state index in [4.69, 9.17) is 5.11 Å². The van der Waals surface area contributed by atoms with E-state index < -0.39 is 7.26 Å². The van der Waals surface area contributed by atoms with Crippen LogP contribution in [-0.2, 0) is 0 Å². The second-order valence-electron chi connectivity index (χ2n) is 3.32. The molecule has 2 heteroatoms. The first-order chi connectivity index (χ1) is 3.42. The second kappa shape index (κ2) is 2.80. The molecular weight excluding hydrogens is 119 g/mol. The van der Waals surface area contributed by atoms with Crippen LogP contribution < -0.4 is 0 Å². The average molecular weight is 135 g/mol. The topological polar surface area (TPSA) is 20.2 Å². The van der Waals surface area contributed by atoms with Crippen LogP contribution in [0, 0.1) is 0 Å². The van der Waals surface area contributed by atoms with E-state index in [0.717, 1.165) is 6.16 Å². The quantitative estimate of drug-likeness (QED) is 0.565. The third-order valence-electron chi connectivity index (χ3n) is 0.812. The molecule has 1 atom stereocenters. The largest absolute Gasteiger partial charge is 0.390 e. The molecule has 0 bridgehead atoms. The Morgan fingerprint density at radius 3 is 1.75 bits per heavy atom. The lowest BCUT2D eigenvalue weighted by Gasteiger charge is -2.12. The average Bonchev–Trinajstić information content (AvgIpc) is 1.21. The van der Waals surface area contributed by atoms with Crippen molar-refractivity contribution >= 4 is 7.26 Å². The Hall–Kier alpha value is 0.390. The summed E-state index contributed by atoms with van der Waals surface area (Å²) in [5, 5.41) is 8.92. The first kappa shape index (κ1) is 8.39. The molecule has 0 aromatic rings. The first-order valence-corrected chi connectivity index (χ1v) is 6.22. The van der Waals surface area contributed by atoms with E-state index in [9.17, 15) is 0 Å². The zero-order valence-corrected chi connectivity index (χ0v) is 7.07. The smallest absolute Gasteiger partial charge is 0.0846 e. The summed E-state index contributed by atoms with van der Waals surface area (Å²) in [6.45, 7) is 8.56. The van der Waals surface area contributed by atoms with E-state index in [-0.39, 0.29) is 6.10 Å². The number of rotatable bonds is 2. The highest BCUT2D eigenvalue weighted by Gasteiger charge is 2.19. The molecule has 0 aliphatic rings. The van der Waals surface area contributed by atoms with Gasteiger partial charge in [0, 0.05) is 27.3 Å². The molecule has 0 fully saturated rings. The normalized spacial score (nSPS) is 16.1. The van der Waals surface area contributed by atoms with Crippen molar-refractivity contribution in [2.75, 3.05) is 26.2 Å². The van der Waals surface area contributed by atoms with Crippen molar-refractivity contribution < 1.29 is 5.11 Å². The molecule has 0 radical (unpaired) electrons. The van der Waals surface area contributed by atoms with Crippen molar-refractivity contribution in [1.82, 2.24) is 0 Å². The number of aliphatic hydroxyl groups is 1. The van der Waals surface area contributed by atoms with Crippen LogP contribution >= 0.6 is 7.26 Å². The maximum absolute atomic E-state index is 8.92. The summed E-state index contributed by atoms with van der Waals surface area (Å²) in [5.74, 6) is 0. The molecule has 0 aromatic heterocycles. The van der Waals surface area contributed by atoms with Crippen LogP contribution in [0.1, 0.15) is 6.92 Å². The summed E-state index contributed by atoms with van der Waals surface area (Å²) >= 11 is 0. The predicted molar refractivity (Wildman–Crippen MR) is 41.2 cm³/mol.